The highest BCUT2D eigenvalue weighted by Crippen LogP contribution is 2.24. The van der Waals surface area contributed by atoms with Gasteiger partial charge in [-0.15, -0.1) is 22.0 Å². The molecule has 0 aliphatic heterocycles. The lowest BCUT2D eigenvalue weighted by atomic mass is 10.2. The average Bonchev–Trinajstić information content (AvgIpc) is 3.29. The number of amides is 1. The van der Waals surface area contributed by atoms with Crippen molar-refractivity contribution in [3.8, 4) is 11.5 Å². The van der Waals surface area contributed by atoms with Crippen molar-refractivity contribution in [1.82, 2.24) is 15.2 Å². The lowest BCUT2D eigenvalue weighted by Crippen LogP contribution is -2.11. The van der Waals surface area contributed by atoms with E-state index in [2.05, 4.69) is 26.6 Å². The predicted octanol–water partition coefficient (Wildman–Crippen LogP) is 5.39. The molecule has 2 aromatic heterocycles. The molecule has 0 saturated carbocycles. The maximum absolute atomic E-state index is 12.2. The summed E-state index contributed by atoms with van der Waals surface area (Å²) in [6, 6.07) is 21.5. The highest BCUT2D eigenvalue weighted by Gasteiger charge is 2.09. The molecule has 4 aromatic rings. The van der Waals surface area contributed by atoms with E-state index in [-0.39, 0.29) is 5.91 Å². The molecule has 1 amide bonds. The molecule has 31 heavy (non-hydrogen) atoms. The first-order chi connectivity index (χ1) is 15.3. The minimum atomic E-state index is -0.0291. The van der Waals surface area contributed by atoms with Gasteiger partial charge in [0.25, 0.3) is 0 Å². The summed E-state index contributed by atoms with van der Waals surface area (Å²) >= 11 is 1.74. The normalized spacial score (nSPS) is 10.7. The van der Waals surface area contributed by atoms with Gasteiger partial charge in [-0.2, -0.15) is 0 Å². The van der Waals surface area contributed by atoms with E-state index in [1.54, 1.807) is 18.0 Å². The van der Waals surface area contributed by atoms with Crippen LogP contribution in [0.2, 0.25) is 0 Å². The van der Waals surface area contributed by atoms with Crippen LogP contribution in [0, 0.1) is 0 Å². The van der Waals surface area contributed by atoms with Gasteiger partial charge < -0.3 is 9.73 Å². The van der Waals surface area contributed by atoms with Crippen molar-refractivity contribution >= 4 is 23.4 Å². The van der Waals surface area contributed by atoms with Crippen molar-refractivity contribution < 1.29 is 9.21 Å². The number of aromatic nitrogens is 3. The second-order valence-corrected chi connectivity index (χ2v) is 7.99. The Morgan fingerprint density at radius 2 is 1.81 bits per heavy atom. The molecule has 0 aliphatic rings. The molecule has 4 rings (SSSR count). The summed E-state index contributed by atoms with van der Waals surface area (Å²) in [5, 5.41) is 11.1. The largest absolute Gasteiger partial charge is 0.421 e. The topological polar surface area (TPSA) is 80.9 Å². The molecule has 0 saturated heterocycles. The fourth-order valence-corrected chi connectivity index (χ4v) is 3.79. The highest BCUT2D eigenvalue weighted by molar-refractivity contribution is 7.98. The van der Waals surface area contributed by atoms with Gasteiger partial charge >= 0.3 is 0 Å². The molecular formula is C24H22N4O2S. The standard InChI is InChI=1S/C24H22N4O2S/c29-22(9-4-10-23-27-28-24(30-23)19-7-2-1-3-8-19)26-20-11-13-21(14-12-20)31-17-18-6-5-15-25-16-18/h1-3,5-8,11-16H,4,9-10,17H2,(H,26,29). The Morgan fingerprint density at radius 3 is 2.58 bits per heavy atom. The van der Waals surface area contributed by atoms with Crippen molar-refractivity contribution in [1.29, 1.82) is 0 Å². The number of aryl methyl sites for hydroxylation is 1. The van der Waals surface area contributed by atoms with E-state index < -0.39 is 0 Å². The number of anilines is 1. The maximum Gasteiger partial charge on any atom is 0.247 e. The molecule has 6 nitrogen and oxygen atoms in total. The second-order valence-electron chi connectivity index (χ2n) is 6.94. The average molecular weight is 431 g/mol. The summed E-state index contributed by atoms with van der Waals surface area (Å²) in [6.07, 6.45) is 5.24. The lowest BCUT2D eigenvalue weighted by molar-refractivity contribution is -0.116. The van der Waals surface area contributed by atoms with Crippen LogP contribution < -0.4 is 5.32 Å². The van der Waals surface area contributed by atoms with Crippen LogP contribution in [0.25, 0.3) is 11.5 Å². The molecular weight excluding hydrogens is 408 g/mol. The Balaban J connectivity index is 1.20. The van der Waals surface area contributed by atoms with Crippen molar-refractivity contribution in [3.63, 3.8) is 0 Å². The van der Waals surface area contributed by atoms with Gasteiger partial charge in [-0.3, -0.25) is 9.78 Å². The molecule has 0 radical (unpaired) electrons. The number of nitrogens with zero attached hydrogens (tertiary/aromatic N) is 3. The van der Waals surface area contributed by atoms with Crippen LogP contribution in [-0.4, -0.2) is 21.1 Å². The molecule has 0 unspecified atom stereocenters. The van der Waals surface area contributed by atoms with E-state index >= 15 is 0 Å². The number of benzene rings is 2. The van der Waals surface area contributed by atoms with Gasteiger partial charge in [0.2, 0.25) is 17.7 Å². The number of hydrogen-bond donors (Lipinski definition) is 1. The monoisotopic (exact) mass is 430 g/mol. The lowest BCUT2D eigenvalue weighted by Gasteiger charge is -2.06. The van der Waals surface area contributed by atoms with E-state index in [1.807, 2.05) is 66.9 Å². The molecule has 7 heteroatoms. The minimum Gasteiger partial charge on any atom is -0.421 e. The number of hydrogen-bond acceptors (Lipinski definition) is 6. The number of carbonyl (C=O) groups is 1. The molecule has 2 aromatic carbocycles. The molecule has 0 atom stereocenters. The first-order valence-electron chi connectivity index (χ1n) is 10.1. The van der Waals surface area contributed by atoms with Gasteiger partial charge in [0, 0.05) is 47.1 Å². The van der Waals surface area contributed by atoms with E-state index in [9.17, 15) is 4.79 Å². The summed E-state index contributed by atoms with van der Waals surface area (Å²) in [7, 11) is 0. The van der Waals surface area contributed by atoms with Crippen LogP contribution in [0.5, 0.6) is 0 Å². The number of nitrogens with one attached hydrogen (secondary N) is 1. The zero-order valence-electron chi connectivity index (χ0n) is 16.9. The third-order valence-electron chi connectivity index (χ3n) is 4.55. The Labute approximate surface area is 185 Å². The van der Waals surface area contributed by atoms with Gasteiger partial charge in [0.15, 0.2) is 0 Å². The van der Waals surface area contributed by atoms with Crippen LogP contribution in [0.3, 0.4) is 0 Å². The molecule has 2 heterocycles. The number of carbonyl (C=O) groups excluding carboxylic acids is 1. The molecule has 0 fully saturated rings. The van der Waals surface area contributed by atoms with Crippen LogP contribution in [0.15, 0.2) is 88.4 Å². The van der Waals surface area contributed by atoms with Crippen molar-refractivity contribution in [3.05, 3.63) is 90.6 Å². The van der Waals surface area contributed by atoms with Crippen molar-refractivity contribution in [2.75, 3.05) is 5.32 Å². The fraction of sp³-hybridized carbons (Fsp3) is 0.167. The SMILES string of the molecule is O=C(CCCc1nnc(-c2ccccc2)o1)Nc1ccc(SCc2cccnc2)cc1. The van der Waals surface area contributed by atoms with Crippen LogP contribution in [-0.2, 0) is 17.0 Å². The molecule has 0 bridgehead atoms. The van der Waals surface area contributed by atoms with E-state index in [1.165, 1.54) is 5.56 Å². The second kappa shape index (κ2) is 10.5. The Bertz CT molecular complexity index is 1100. The summed E-state index contributed by atoms with van der Waals surface area (Å²) in [6.45, 7) is 0. The van der Waals surface area contributed by atoms with Gasteiger partial charge in [0.1, 0.15) is 0 Å². The molecule has 0 aliphatic carbocycles. The third kappa shape index (κ3) is 6.26. The zero-order chi connectivity index (χ0) is 21.3. The van der Waals surface area contributed by atoms with Crippen molar-refractivity contribution in [2.45, 2.75) is 29.9 Å². The highest BCUT2D eigenvalue weighted by atomic mass is 32.2. The van der Waals surface area contributed by atoms with Crippen molar-refractivity contribution in [2.24, 2.45) is 0 Å². The predicted molar refractivity (Wildman–Crippen MR) is 122 cm³/mol. The van der Waals surface area contributed by atoms with Crippen LogP contribution in [0.1, 0.15) is 24.3 Å². The Morgan fingerprint density at radius 1 is 0.968 bits per heavy atom. The van der Waals surface area contributed by atoms with Crippen LogP contribution in [0.4, 0.5) is 5.69 Å². The summed E-state index contributed by atoms with van der Waals surface area (Å²) in [5.74, 6) is 1.88. The van der Waals surface area contributed by atoms with Gasteiger partial charge in [0.05, 0.1) is 0 Å². The smallest absolute Gasteiger partial charge is 0.247 e. The number of pyridine rings is 1. The summed E-state index contributed by atoms with van der Waals surface area (Å²) < 4.78 is 5.68. The van der Waals surface area contributed by atoms with E-state index in [0.717, 1.165) is 21.9 Å². The van der Waals surface area contributed by atoms with E-state index in [0.29, 0.717) is 31.0 Å². The zero-order valence-corrected chi connectivity index (χ0v) is 17.7. The van der Waals surface area contributed by atoms with Gasteiger partial charge in [-0.25, -0.2) is 0 Å². The number of thioether (sulfide) groups is 1. The Hall–Kier alpha value is -3.45. The first-order valence-corrected chi connectivity index (χ1v) is 11.0. The summed E-state index contributed by atoms with van der Waals surface area (Å²) in [4.78, 5) is 17.5. The summed E-state index contributed by atoms with van der Waals surface area (Å²) in [5.41, 5.74) is 2.86. The molecule has 0 spiro atoms. The number of rotatable bonds is 9. The molecule has 1 N–H and O–H groups in total. The first kappa shape index (κ1) is 20.8. The minimum absolute atomic E-state index is 0.0291. The van der Waals surface area contributed by atoms with Gasteiger partial charge in [-0.05, 0) is 54.4 Å². The third-order valence-corrected chi connectivity index (χ3v) is 5.63. The quantitative estimate of drug-likeness (QED) is 0.359. The Kier molecular flexibility index (Phi) is 7.08. The van der Waals surface area contributed by atoms with Gasteiger partial charge in [-0.1, -0.05) is 24.3 Å². The maximum atomic E-state index is 12.2. The fourth-order valence-electron chi connectivity index (χ4n) is 2.96. The molecule has 156 valence electrons. The van der Waals surface area contributed by atoms with Crippen LogP contribution >= 0.6 is 11.8 Å². The van der Waals surface area contributed by atoms with E-state index in [4.69, 9.17) is 4.42 Å².